The molecule has 2 heterocycles. The van der Waals surface area contributed by atoms with E-state index in [0.29, 0.717) is 24.5 Å². The smallest absolute Gasteiger partial charge is 0.330 e. The fourth-order valence-electron chi connectivity index (χ4n) is 2.35. The third-order valence-corrected chi connectivity index (χ3v) is 3.47. The van der Waals surface area contributed by atoms with Crippen LogP contribution in [0.1, 0.15) is 13.3 Å². The van der Waals surface area contributed by atoms with E-state index in [4.69, 9.17) is 0 Å². The molecule has 0 amide bonds. The molecule has 0 radical (unpaired) electrons. The van der Waals surface area contributed by atoms with Crippen molar-refractivity contribution < 1.29 is 0 Å². The third-order valence-electron chi connectivity index (χ3n) is 3.37. The molecule has 116 valence electrons. The van der Waals surface area contributed by atoms with Gasteiger partial charge in [0.2, 0.25) is 0 Å². The van der Waals surface area contributed by atoms with Crippen LogP contribution in [0.15, 0.2) is 38.8 Å². The summed E-state index contributed by atoms with van der Waals surface area (Å²) in [5.41, 5.74) is 1.05. The van der Waals surface area contributed by atoms with Crippen LogP contribution in [-0.4, -0.2) is 24.7 Å². The van der Waals surface area contributed by atoms with Crippen molar-refractivity contribution in [2.45, 2.75) is 19.9 Å². The maximum absolute atomic E-state index is 12.4. The van der Waals surface area contributed by atoms with Gasteiger partial charge in [0.1, 0.15) is 11.3 Å². The number of imidazole rings is 1. The van der Waals surface area contributed by atoms with Gasteiger partial charge in [-0.25, -0.2) is 9.78 Å². The Labute approximate surface area is 135 Å². The second-order valence-corrected chi connectivity index (χ2v) is 5.13. The number of aliphatic imine (C=N–C) groups is 1. The van der Waals surface area contributed by atoms with E-state index in [1.54, 1.807) is 18.2 Å². The summed E-state index contributed by atoms with van der Waals surface area (Å²) in [6.07, 6.45) is 0.688. The van der Waals surface area contributed by atoms with Crippen LogP contribution >= 0.6 is 12.2 Å². The van der Waals surface area contributed by atoms with Crippen molar-refractivity contribution in [1.82, 2.24) is 19.5 Å². The van der Waals surface area contributed by atoms with Crippen LogP contribution < -0.4 is 11.2 Å². The van der Waals surface area contributed by atoms with Crippen molar-refractivity contribution in [1.29, 1.82) is 0 Å². The van der Waals surface area contributed by atoms with Crippen molar-refractivity contribution in [2.24, 2.45) is 4.99 Å². The quantitative estimate of drug-likeness (QED) is 0.567. The Morgan fingerprint density at radius 3 is 2.91 bits per heavy atom. The molecule has 0 aliphatic carbocycles. The highest BCUT2D eigenvalue weighted by Gasteiger charge is 2.13. The molecule has 0 saturated heterocycles. The summed E-state index contributed by atoms with van der Waals surface area (Å²) in [6, 6.07) is 7.16. The summed E-state index contributed by atoms with van der Waals surface area (Å²) in [6.45, 7) is 2.26. The Kier molecular flexibility index (Phi) is 4.01. The van der Waals surface area contributed by atoms with Crippen molar-refractivity contribution >= 4 is 34.2 Å². The molecule has 0 fully saturated rings. The minimum atomic E-state index is -0.457. The number of rotatable bonds is 4. The zero-order valence-electron chi connectivity index (χ0n) is 12.3. The largest absolute Gasteiger partial charge is 0.332 e. The second kappa shape index (κ2) is 6.12. The lowest BCUT2D eigenvalue weighted by atomic mass is 10.2. The average molecular weight is 327 g/mol. The topological polar surface area (TPSA) is 95.9 Å². The van der Waals surface area contributed by atoms with Crippen LogP contribution in [0.25, 0.3) is 22.6 Å². The highest BCUT2D eigenvalue weighted by molar-refractivity contribution is 7.78. The predicted octanol–water partition coefficient (Wildman–Crippen LogP) is 2.22. The number of aromatic amines is 2. The van der Waals surface area contributed by atoms with E-state index in [-0.39, 0.29) is 16.7 Å². The Hall–Kier alpha value is -2.83. The Morgan fingerprint density at radius 1 is 1.35 bits per heavy atom. The van der Waals surface area contributed by atoms with Gasteiger partial charge in [-0.2, -0.15) is 4.99 Å². The lowest BCUT2D eigenvalue weighted by Crippen LogP contribution is -2.34. The number of aromatic nitrogens is 4. The highest BCUT2D eigenvalue weighted by Crippen LogP contribution is 2.22. The van der Waals surface area contributed by atoms with E-state index in [9.17, 15) is 9.59 Å². The first kappa shape index (κ1) is 15.1. The van der Waals surface area contributed by atoms with E-state index in [2.05, 4.69) is 37.3 Å². The molecule has 1 aromatic carbocycles. The molecule has 2 aromatic heterocycles. The molecule has 0 spiro atoms. The molecule has 0 aliphatic rings. The molecule has 3 rings (SSSR count). The molecule has 23 heavy (non-hydrogen) atoms. The van der Waals surface area contributed by atoms with Gasteiger partial charge in [0, 0.05) is 12.1 Å². The van der Waals surface area contributed by atoms with Crippen LogP contribution in [0.2, 0.25) is 0 Å². The van der Waals surface area contributed by atoms with Crippen molar-refractivity contribution in [2.75, 3.05) is 0 Å². The molecular weight excluding hydrogens is 314 g/mol. The number of isothiocyanates is 1. The number of hydrogen-bond acceptors (Lipinski definition) is 5. The standard InChI is InChI=1S/C15H13N5O2S/c1-2-6-20-14(21)11-13(19-15(20)22)18-12(17-11)9-4-3-5-10(7-9)16-8-23/h3-5,7H,2,6H2,1H3,(H,17,18)(H,19,22). The van der Waals surface area contributed by atoms with Crippen LogP contribution in [0.3, 0.4) is 0 Å². The summed E-state index contributed by atoms with van der Waals surface area (Å²) >= 11 is 4.59. The summed E-state index contributed by atoms with van der Waals surface area (Å²) in [7, 11) is 0. The Morgan fingerprint density at radius 2 is 2.17 bits per heavy atom. The predicted molar refractivity (Wildman–Crippen MR) is 91.4 cm³/mol. The maximum Gasteiger partial charge on any atom is 0.330 e. The summed E-state index contributed by atoms with van der Waals surface area (Å²) in [4.78, 5) is 38.1. The zero-order valence-corrected chi connectivity index (χ0v) is 13.1. The molecule has 0 saturated carbocycles. The number of fused-ring (bicyclic) bond motifs is 1. The minimum absolute atomic E-state index is 0.242. The normalized spacial score (nSPS) is 10.7. The Bertz CT molecular complexity index is 1040. The van der Waals surface area contributed by atoms with Crippen LogP contribution in [0.4, 0.5) is 5.69 Å². The molecule has 3 aromatic rings. The van der Waals surface area contributed by atoms with Crippen LogP contribution in [0, 0.1) is 0 Å². The van der Waals surface area contributed by atoms with Crippen molar-refractivity contribution in [3.63, 3.8) is 0 Å². The second-order valence-electron chi connectivity index (χ2n) is 4.95. The van der Waals surface area contributed by atoms with Crippen LogP contribution in [0.5, 0.6) is 0 Å². The lowest BCUT2D eigenvalue weighted by Gasteiger charge is -2.00. The maximum atomic E-state index is 12.4. The highest BCUT2D eigenvalue weighted by atomic mass is 32.1. The number of benzene rings is 1. The first-order valence-electron chi connectivity index (χ1n) is 7.05. The summed E-state index contributed by atoms with van der Waals surface area (Å²) in [5, 5.41) is 2.30. The average Bonchev–Trinajstić information content (AvgIpc) is 2.96. The lowest BCUT2D eigenvalue weighted by molar-refractivity contribution is 0.622. The molecule has 0 aliphatic heterocycles. The number of thiocarbonyl (C=S) groups is 1. The van der Waals surface area contributed by atoms with Gasteiger partial charge in [0.25, 0.3) is 5.56 Å². The van der Waals surface area contributed by atoms with Crippen molar-refractivity contribution in [3.8, 4) is 11.4 Å². The fourth-order valence-corrected chi connectivity index (χ4v) is 2.46. The van der Waals surface area contributed by atoms with E-state index in [0.717, 1.165) is 10.1 Å². The van der Waals surface area contributed by atoms with Crippen molar-refractivity contribution in [3.05, 3.63) is 45.1 Å². The Balaban J connectivity index is 2.19. The van der Waals surface area contributed by atoms with Gasteiger partial charge in [0.05, 0.1) is 10.8 Å². The molecule has 8 heteroatoms. The van der Waals surface area contributed by atoms with Crippen LogP contribution in [-0.2, 0) is 6.54 Å². The van der Waals surface area contributed by atoms with Gasteiger partial charge in [0.15, 0.2) is 5.65 Å². The van der Waals surface area contributed by atoms with Gasteiger partial charge in [-0.3, -0.25) is 14.3 Å². The first-order chi connectivity index (χ1) is 11.1. The van der Waals surface area contributed by atoms with Gasteiger partial charge >= 0.3 is 5.69 Å². The molecule has 2 N–H and O–H groups in total. The van der Waals surface area contributed by atoms with E-state index >= 15 is 0 Å². The monoisotopic (exact) mass is 327 g/mol. The van der Waals surface area contributed by atoms with E-state index in [1.165, 1.54) is 0 Å². The first-order valence-corrected chi connectivity index (χ1v) is 7.46. The molecule has 0 bridgehead atoms. The molecular formula is C15H13N5O2S. The summed E-state index contributed by atoms with van der Waals surface area (Å²) in [5.74, 6) is 0.475. The fraction of sp³-hybridized carbons (Fsp3) is 0.200. The molecule has 0 atom stereocenters. The minimum Gasteiger partial charge on any atom is -0.332 e. The molecule has 0 unspecified atom stereocenters. The van der Waals surface area contributed by atoms with Gasteiger partial charge < -0.3 is 4.98 Å². The number of nitrogens with zero attached hydrogens (tertiary/aromatic N) is 3. The van der Waals surface area contributed by atoms with Gasteiger partial charge in [-0.1, -0.05) is 19.1 Å². The number of hydrogen-bond donors (Lipinski definition) is 2. The third kappa shape index (κ3) is 2.77. The van der Waals surface area contributed by atoms with Gasteiger partial charge in [-0.05, 0) is 30.8 Å². The number of nitrogens with one attached hydrogen (secondary N) is 2. The SMILES string of the molecule is CCCn1c(=O)[nH]c2nc(-c3cccc(N=C=S)c3)[nH]c2c1=O. The zero-order chi connectivity index (χ0) is 16.4. The number of H-pyrrole nitrogens is 2. The van der Waals surface area contributed by atoms with E-state index in [1.807, 2.05) is 13.0 Å². The van der Waals surface area contributed by atoms with Gasteiger partial charge in [-0.15, -0.1) is 0 Å². The van der Waals surface area contributed by atoms with E-state index < -0.39 is 5.69 Å². The summed E-state index contributed by atoms with van der Waals surface area (Å²) < 4.78 is 1.16. The molecule has 7 nitrogen and oxygen atoms in total.